The molecule has 0 radical (unpaired) electrons. The highest BCUT2D eigenvalue weighted by Gasteiger charge is 2.23. The van der Waals surface area contributed by atoms with Crippen LogP contribution < -0.4 is 5.32 Å². The third-order valence-electron chi connectivity index (χ3n) is 2.26. The minimum Gasteiger partial charge on any atom is -0.346 e. The number of amides is 2. The maximum Gasteiger partial charge on any atom is 0.311 e. The summed E-state index contributed by atoms with van der Waals surface area (Å²) in [6, 6.07) is 0.0243. The molecule has 80 valence electrons. The Morgan fingerprint density at radius 1 is 1.14 bits per heavy atom. The van der Waals surface area contributed by atoms with Gasteiger partial charge in [-0.3, -0.25) is 9.59 Å². The Kier molecular flexibility index (Phi) is 3.92. The second kappa shape index (κ2) is 4.98. The zero-order valence-corrected chi connectivity index (χ0v) is 8.88. The molecule has 2 amide bonds. The molecule has 1 saturated heterocycles. The quantitative estimate of drug-likeness (QED) is 0.625. The van der Waals surface area contributed by atoms with Crippen LogP contribution in [-0.4, -0.2) is 35.8 Å². The number of carbonyl (C=O) groups excluding carboxylic acids is 2. The molecule has 1 heterocycles. The van der Waals surface area contributed by atoms with Gasteiger partial charge < -0.3 is 10.2 Å². The number of piperidine rings is 1. The van der Waals surface area contributed by atoms with Gasteiger partial charge in [-0.05, 0) is 33.1 Å². The number of likely N-dealkylation sites (tertiary alicyclic amines) is 1. The van der Waals surface area contributed by atoms with Crippen molar-refractivity contribution < 1.29 is 9.59 Å². The number of nitrogens with zero attached hydrogens (tertiary/aromatic N) is 1. The number of rotatable bonds is 1. The summed E-state index contributed by atoms with van der Waals surface area (Å²) in [7, 11) is 0. The average molecular weight is 198 g/mol. The van der Waals surface area contributed by atoms with Crippen LogP contribution in [0.15, 0.2) is 0 Å². The first-order chi connectivity index (χ1) is 6.61. The van der Waals surface area contributed by atoms with Gasteiger partial charge in [-0.2, -0.15) is 0 Å². The number of hydrogen-bond acceptors (Lipinski definition) is 2. The molecule has 0 atom stereocenters. The highest BCUT2D eigenvalue weighted by Crippen LogP contribution is 2.08. The summed E-state index contributed by atoms with van der Waals surface area (Å²) in [5, 5.41) is 2.61. The summed E-state index contributed by atoms with van der Waals surface area (Å²) in [5.41, 5.74) is 0. The van der Waals surface area contributed by atoms with Crippen LogP contribution in [0.5, 0.6) is 0 Å². The molecule has 0 aromatic rings. The number of nitrogens with one attached hydrogen (secondary N) is 1. The van der Waals surface area contributed by atoms with Crippen molar-refractivity contribution in [2.45, 2.75) is 39.2 Å². The Hall–Kier alpha value is -1.06. The number of carbonyl (C=O) groups is 2. The van der Waals surface area contributed by atoms with Gasteiger partial charge in [-0.1, -0.05) is 0 Å². The molecular formula is C10H18N2O2. The van der Waals surface area contributed by atoms with Crippen LogP contribution in [-0.2, 0) is 9.59 Å². The zero-order valence-electron chi connectivity index (χ0n) is 8.88. The van der Waals surface area contributed by atoms with E-state index in [1.165, 1.54) is 0 Å². The van der Waals surface area contributed by atoms with Gasteiger partial charge in [0.05, 0.1) is 0 Å². The summed E-state index contributed by atoms with van der Waals surface area (Å²) < 4.78 is 0. The van der Waals surface area contributed by atoms with Crippen molar-refractivity contribution in [1.82, 2.24) is 10.2 Å². The predicted molar refractivity (Wildman–Crippen MR) is 53.7 cm³/mol. The van der Waals surface area contributed by atoms with Crippen LogP contribution >= 0.6 is 0 Å². The van der Waals surface area contributed by atoms with E-state index in [0.29, 0.717) is 0 Å². The summed E-state index contributed by atoms with van der Waals surface area (Å²) in [6.45, 7) is 5.15. The predicted octanol–water partition coefficient (Wildman–Crippen LogP) is 0.523. The van der Waals surface area contributed by atoms with Crippen molar-refractivity contribution in [3.8, 4) is 0 Å². The molecule has 0 unspecified atom stereocenters. The molecule has 14 heavy (non-hydrogen) atoms. The molecule has 1 N–H and O–H groups in total. The Bertz CT molecular complexity index is 220. The van der Waals surface area contributed by atoms with Gasteiger partial charge in [-0.15, -0.1) is 0 Å². The second-order valence-corrected chi connectivity index (χ2v) is 3.98. The fourth-order valence-electron chi connectivity index (χ4n) is 1.56. The zero-order chi connectivity index (χ0) is 10.6. The van der Waals surface area contributed by atoms with E-state index in [9.17, 15) is 9.59 Å². The van der Waals surface area contributed by atoms with Gasteiger partial charge in [0.15, 0.2) is 0 Å². The Balaban J connectivity index is 2.42. The van der Waals surface area contributed by atoms with Crippen molar-refractivity contribution in [2.24, 2.45) is 0 Å². The Morgan fingerprint density at radius 2 is 1.71 bits per heavy atom. The first-order valence-electron chi connectivity index (χ1n) is 5.21. The van der Waals surface area contributed by atoms with E-state index in [1.807, 2.05) is 13.8 Å². The van der Waals surface area contributed by atoms with Crippen LogP contribution in [0.4, 0.5) is 0 Å². The summed E-state index contributed by atoms with van der Waals surface area (Å²) in [6.07, 6.45) is 3.19. The largest absolute Gasteiger partial charge is 0.346 e. The maximum absolute atomic E-state index is 11.5. The van der Waals surface area contributed by atoms with Crippen molar-refractivity contribution >= 4 is 11.8 Å². The molecule has 0 spiro atoms. The van der Waals surface area contributed by atoms with Gasteiger partial charge in [0, 0.05) is 19.1 Å². The standard InChI is InChI=1S/C10H18N2O2/c1-8(2)11-9(13)10(14)12-6-4-3-5-7-12/h8H,3-7H2,1-2H3,(H,11,13). The fraction of sp³-hybridized carbons (Fsp3) is 0.800. The van der Waals surface area contributed by atoms with Gasteiger partial charge in [0.1, 0.15) is 0 Å². The van der Waals surface area contributed by atoms with E-state index in [1.54, 1.807) is 4.90 Å². The lowest BCUT2D eigenvalue weighted by molar-refractivity contribution is -0.146. The highest BCUT2D eigenvalue weighted by molar-refractivity contribution is 6.35. The molecule has 0 aromatic heterocycles. The molecule has 1 rings (SSSR count). The van der Waals surface area contributed by atoms with Crippen molar-refractivity contribution in [1.29, 1.82) is 0 Å². The van der Waals surface area contributed by atoms with E-state index in [4.69, 9.17) is 0 Å². The topological polar surface area (TPSA) is 49.4 Å². The summed E-state index contributed by atoms with van der Waals surface area (Å²) in [4.78, 5) is 24.5. The SMILES string of the molecule is CC(C)NC(=O)C(=O)N1CCCCC1. The highest BCUT2D eigenvalue weighted by atomic mass is 16.2. The summed E-state index contributed by atoms with van der Waals surface area (Å²) >= 11 is 0. The first kappa shape index (κ1) is 11.0. The van der Waals surface area contributed by atoms with Crippen LogP contribution in [0, 0.1) is 0 Å². The first-order valence-corrected chi connectivity index (χ1v) is 5.21. The molecule has 0 aliphatic carbocycles. The molecule has 1 fully saturated rings. The van der Waals surface area contributed by atoms with Gasteiger partial charge in [-0.25, -0.2) is 0 Å². The monoisotopic (exact) mass is 198 g/mol. The van der Waals surface area contributed by atoms with E-state index in [0.717, 1.165) is 32.4 Å². The van der Waals surface area contributed by atoms with E-state index < -0.39 is 5.91 Å². The third kappa shape index (κ3) is 3.01. The second-order valence-electron chi connectivity index (χ2n) is 3.98. The molecule has 0 saturated carbocycles. The van der Waals surface area contributed by atoms with E-state index in [-0.39, 0.29) is 11.9 Å². The Morgan fingerprint density at radius 3 is 2.21 bits per heavy atom. The third-order valence-corrected chi connectivity index (χ3v) is 2.26. The lowest BCUT2D eigenvalue weighted by Crippen LogP contribution is -2.46. The Labute approximate surface area is 84.7 Å². The van der Waals surface area contributed by atoms with Crippen LogP contribution in [0.3, 0.4) is 0 Å². The van der Waals surface area contributed by atoms with Crippen LogP contribution in [0.2, 0.25) is 0 Å². The molecular weight excluding hydrogens is 180 g/mol. The van der Waals surface area contributed by atoms with Gasteiger partial charge >= 0.3 is 11.8 Å². The lowest BCUT2D eigenvalue weighted by atomic mass is 10.1. The smallest absolute Gasteiger partial charge is 0.311 e. The molecule has 1 aliphatic heterocycles. The molecule has 4 nitrogen and oxygen atoms in total. The van der Waals surface area contributed by atoms with Crippen molar-refractivity contribution in [3.05, 3.63) is 0 Å². The average Bonchev–Trinajstić information content (AvgIpc) is 2.17. The van der Waals surface area contributed by atoms with E-state index >= 15 is 0 Å². The lowest BCUT2D eigenvalue weighted by Gasteiger charge is -2.26. The molecule has 0 aromatic carbocycles. The fourth-order valence-corrected chi connectivity index (χ4v) is 1.56. The van der Waals surface area contributed by atoms with Crippen molar-refractivity contribution in [3.63, 3.8) is 0 Å². The summed E-state index contributed by atoms with van der Waals surface area (Å²) in [5.74, 6) is -0.847. The van der Waals surface area contributed by atoms with Crippen molar-refractivity contribution in [2.75, 3.05) is 13.1 Å². The van der Waals surface area contributed by atoms with Gasteiger partial charge in [0.2, 0.25) is 0 Å². The minimum absolute atomic E-state index is 0.0243. The number of hydrogen-bond donors (Lipinski definition) is 1. The molecule has 0 bridgehead atoms. The van der Waals surface area contributed by atoms with Gasteiger partial charge in [0.25, 0.3) is 0 Å². The van der Waals surface area contributed by atoms with E-state index in [2.05, 4.69) is 5.32 Å². The van der Waals surface area contributed by atoms with Crippen LogP contribution in [0.1, 0.15) is 33.1 Å². The van der Waals surface area contributed by atoms with Crippen LogP contribution in [0.25, 0.3) is 0 Å². The maximum atomic E-state index is 11.5. The molecule has 4 heteroatoms. The minimum atomic E-state index is -0.470. The molecule has 1 aliphatic rings. The normalized spacial score (nSPS) is 16.9.